The summed E-state index contributed by atoms with van der Waals surface area (Å²) in [6, 6.07) is 6.28. The van der Waals surface area contributed by atoms with Gasteiger partial charge in [-0.2, -0.15) is 5.10 Å². The highest BCUT2D eigenvalue weighted by Crippen LogP contribution is 2.32. The van der Waals surface area contributed by atoms with Gasteiger partial charge in [-0.1, -0.05) is 0 Å². The van der Waals surface area contributed by atoms with E-state index >= 15 is 0 Å². The second-order valence-electron chi connectivity index (χ2n) is 4.93. The molecule has 0 unspecified atom stereocenters. The monoisotopic (exact) mass is 244 g/mol. The third-order valence-corrected chi connectivity index (χ3v) is 3.29. The maximum atomic E-state index is 5.86. The molecule has 2 rings (SSSR count). The maximum absolute atomic E-state index is 5.86. The Morgan fingerprint density at radius 2 is 1.72 bits per heavy atom. The first-order valence-corrected chi connectivity index (χ1v) is 5.98. The molecule has 0 amide bonds. The van der Waals surface area contributed by atoms with Crippen molar-refractivity contribution >= 4 is 11.5 Å². The Morgan fingerprint density at radius 3 is 2.22 bits per heavy atom. The molecule has 96 valence electrons. The molecule has 18 heavy (non-hydrogen) atoms. The zero-order valence-corrected chi connectivity index (χ0v) is 11.7. The fourth-order valence-corrected chi connectivity index (χ4v) is 1.99. The molecule has 0 aliphatic heterocycles. The maximum Gasteiger partial charge on any atom is 0.121 e. The SMILES string of the molecule is Cc1cc(-c2cc(N)n(C)n2)c(N(C)C)cc1C. The largest absolute Gasteiger partial charge is 0.384 e. The molecule has 0 saturated heterocycles. The molecule has 0 atom stereocenters. The van der Waals surface area contributed by atoms with Crippen LogP contribution in [0.3, 0.4) is 0 Å². The second-order valence-corrected chi connectivity index (χ2v) is 4.93. The molecule has 0 radical (unpaired) electrons. The molecule has 4 heteroatoms. The van der Waals surface area contributed by atoms with Crippen LogP contribution in [-0.2, 0) is 7.05 Å². The van der Waals surface area contributed by atoms with E-state index in [0.717, 1.165) is 16.9 Å². The summed E-state index contributed by atoms with van der Waals surface area (Å²) in [6.45, 7) is 4.24. The molecule has 0 fully saturated rings. The van der Waals surface area contributed by atoms with E-state index < -0.39 is 0 Å². The molecule has 2 N–H and O–H groups in total. The van der Waals surface area contributed by atoms with Gasteiger partial charge in [0, 0.05) is 38.5 Å². The molecule has 1 aromatic heterocycles. The fraction of sp³-hybridized carbons (Fsp3) is 0.357. The standard InChI is InChI=1S/C14H20N4/c1-9-6-11(12-8-14(15)18(5)16-12)13(17(3)4)7-10(9)2/h6-8H,15H2,1-5H3. The summed E-state index contributed by atoms with van der Waals surface area (Å²) >= 11 is 0. The Kier molecular flexibility index (Phi) is 3.03. The summed E-state index contributed by atoms with van der Waals surface area (Å²) in [5.74, 6) is 0.674. The number of benzene rings is 1. The molecule has 4 nitrogen and oxygen atoms in total. The van der Waals surface area contributed by atoms with Gasteiger partial charge in [-0.25, -0.2) is 0 Å². The van der Waals surface area contributed by atoms with Gasteiger partial charge in [-0.3, -0.25) is 4.68 Å². The number of hydrogen-bond acceptors (Lipinski definition) is 3. The summed E-state index contributed by atoms with van der Waals surface area (Å²) in [4.78, 5) is 2.10. The lowest BCUT2D eigenvalue weighted by Crippen LogP contribution is -2.10. The number of nitrogen functional groups attached to an aromatic ring is 1. The fourth-order valence-electron chi connectivity index (χ4n) is 1.99. The number of hydrogen-bond donors (Lipinski definition) is 1. The van der Waals surface area contributed by atoms with E-state index in [-0.39, 0.29) is 0 Å². The minimum absolute atomic E-state index is 0.674. The zero-order valence-electron chi connectivity index (χ0n) is 11.7. The Hall–Kier alpha value is -1.97. The number of nitrogens with two attached hydrogens (primary N) is 1. The van der Waals surface area contributed by atoms with Crippen LogP contribution >= 0.6 is 0 Å². The van der Waals surface area contributed by atoms with Crippen LogP contribution in [0, 0.1) is 13.8 Å². The van der Waals surface area contributed by atoms with E-state index in [9.17, 15) is 0 Å². The quantitative estimate of drug-likeness (QED) is 0.882. The van der Waals surface area contributed by atoms with Gasteiger partial charge in [-0.05, 0) is 37.1 Å². The Labute approximate surface area is 108 Å². The van der Waals surface area contributed by atoms with E-state index in [2.05, 4.69) is 36.0 Å². The predicted octanol–water partition coefficient (Wildman–Crippen LogP) is 2.35. The van der Waals surface area contributed by atoms with Crippen LogP contribution in [0.4, 0.5) is 11.5 Å². The van der Waals surface area contributed by atoms with E-state index in [1.54, 1.807) is 4.68 Å². The normalized spacial score (nSPS) is 10.7. The topological polar surface area (TPSA) is 47.1 Å². The number of aryl methyl sites for hydroxylation is 3. The van der Waals surface area contributed by atoms with Crippen molar-refractivity contribution in [1.82, 2.24) is 9.78 Å². The zero-order chi connectivity index (χ0) is 13.4. The van der Waals surface area contributed by atoms with Crippen molar-refractivity contribution in [2.45, 2.75) is 13.8 Å². The highest BCUT2D eigenvalue weighted by Gasteiger charge is 2.13. The van der Waals surface area contributed by atoms with Crippen LogP contribution in [0.1, 0.15) is 11.1 Å². The van der Waals surface area contributed by atoms with E-state index in [1.807, 2.05) is 27.2 Å². The number of aromatic nitrogens is 2. The lowest BCUT2D eigenvalue weighted by atomic mass is 10.0. The van der Waals surface area contributed by atoms with Crippen molar-refractivity contribution in [3.05, 3.63) is 29.3 Å². The van der Waals surface area contributed by atoms with Crippen molar-refractivity contribution in [2.75, 3.05) is 24.7 Å². The minimum atomic E-state index is 0.674. The molecule has 1 aromatic carbocycles. The number of nitrogens with zero attached hydrogens (tertiary/aromatic N) is 3. The van der Waals surface area contributed by atoms with Crippen molar-refractivity contribution in [3.63, 3.8) is 0 Å². The lowest BCUT2D eigenvalue weighted by molar-refractivity contribution is 0.782. The van der Waals surface area contributed by atoms with Crippen LogP contribution in [0.5, 0.6) is 0 Å². The van der Waals surface area contributed by atoms with Crippen molar-refractivity contribution in [2.24, 2.45) is 7.05 Å². The van der Waals surface area contributed by atoms with Crippen molar-refractivity contribution < 1.29 is 0 Å². The summed E-state index contributed by atoms with van der Waals surface area (Å²) in [5, 5.41) is 4.46. The van der Waals surface area contributed by atoms with Gasteiger partial charge in [0.05, 0.1) is 5.69 Å². The van der Waals surface area contributed by atoms with Gasteiger partial charge in [0.1, 0.15) is 5.82 Å². The predicted molar refractivity (Wildman–Crippen MR) is 76.9 cm³/mol. The molecule has 0 saturated carbocycles. The van der Waals surface area contributed by atoms with Crippen LogP contribution in [-0.4, -0.2) is 23.9 Å². The van der Waals surface area contributed by atoms with Crippen molar-refractivity contribution in [1.29, 1.82) is 0 Å². The molecule has 1 heterocycles. The van der Waals surface area contributed by atoms with Crippen LogP contribution < -0.4 is 10.6 Å². The first kappa shape index (κ1) is 12.5. The van der Waals surface area contributed by atoms with Gasteiger partial charge in [0.25, 0.3) is 0 Å². The summed E-state index contributed by atoms with van der Waals surface area (Å²) in [7, 11) is 5.94. The second kappa shape index (κ2) is 4.37. The van der Waals surface area contributed by atoms with Gasteiger partial charge in [0.15, 0.2) is 0 Å². The first-order valence-electron chi connectivity index (χ1n) is 5.98. The van der Waals surface area contributed by atoms with Crippen LogP contribution in [0.25, 0.3) is 11.3 Å². The lowest BCUT2D eigenvalue weighted by Gasteiger charge is -2.18. The molecular formula is C14H20N4. The average molecular weight is 244 g/mol. The third-order valence-electron chi connectivity index (χ3n) is 3.29. The smallest absolute Gasteiger partial charge is 0.121 e. The Balaban J connectivity index is 2.65. The summed E-state index contributed by atoms with van der Waals surface area (Å²) < 4.78 is 1.70. The first-order chi connectivity index (χ1) is 8.40. The van der Waals surface area contributed by atoms with Crippen molar-refractivity contribution in [3.8, 4) is 11.3 Å². The Bertz CT molecular complexity index is 562. The molecule has 0 spiro atoms. The van der Waals surface area contributed by atoms with Gasteiger partial charge >= 0.3 is 0 Å². The highest BCUT2D eigenvalue weighted by atomic mass is 15.3. The molecule has 2 aromatic rings. The van der Waals surface area contributed by atoms with E-state index in [0.29, 0.717) is 5.82 Å². The molecule has 0 bridgehead atoms. The molecular weight excluding hydrogens is 224 g/mol. The third kappa shape index (κ3) is 2.06. The summed E-state index contributed by atoms with van der Waals surface area (Å²) in [5.41, 5.74) is 11.6. The highest BCUT2D eigenvalue weighted by molar-refractivity contribution is 5.78. The Morgan fingerprint density at radius 1 is 1.11 bits per heavy atom. The molecule has 0 aliphatic rings. The number of anilines is 2. The van der Waals surface area contributed by atoms with Gasteiger partial charge < -0.3 is 10.6 Å². The van der Waals surface area contributed by atoms with E-state index in [4.69, 9.17) is 5.73 Å². The van der Waals surface area contributed by atoms with E-state index in [1.165, 1.54) is 11.1 Å². The van der Waals surface area contributed by atoms with Crippen LogP contribution in [0.15, 0.2) is 18.2 Å². The van der Waals surface area contributed by atoms with Gasteiger partial charge in [0.2, 0.25) is 0 Å². The average Bonchev–Trinajstić information content (AvgIpc) is 2.62. The van der Waals surface area contributed by atoms with Crippen LogP contribution in [0.2, 0.25) is 0 Å². The molecule has 0 aliphatic carbocycles. The summed E-state index contributed by atoms with van der Waals surface area (Å²) in [6.07, 6.45) is 0. The van der Waals surface area contributed by atoms with Gasteiger partial charge in [-0.15, -0.1) is 0 Å². The number of rotatable bonds is 2. The minimum Gasteiger partial charge on any atom is -0.384 e.